The van der Waals surface area contributed by atoms with E-state index in [9.17, 15) is 4.79 Å². The lowest BCUT2D eigenvalue weighted by Crippen LogP contribution is -2.09. The molecule has 0 saturated carbocycles. The number of cyclic esters (lactones) is 1. The van der Waals surface area contributed by atoms with Crippen LogP contribution < -0.4 is 0 Å². The van der Waals surface area contributed by atoms with Crippen molar-refractivity contribution in [2.45, 2.75) is 19.9 Å². The van der Waals surface area contributed by atoms with E-state index in [0.717, 1.165) is 0 Å². The second-order valence-electron chi connectivity index (χ2n) is 1.68. The molecule has 0 bridgehead atoms. The fourth-order valence-electron chi connectivity index (χ4n) is 0.652. The minimum Gasteiger partial charge on any atom is -0.465 e. The van der Waals surface area contributed by atoms with E-state index in [1.165, 1.54) is 0 Å². The number of carbonyl (C=O) groups is 1. The van der Waals surface area contributed by atoms with Gasteiger partial charge in [-0.1, -0.05) is 12.5 Å². The first-order valence-electron chi connectivity index (χ1n) is 2.55. The van der Waals surface area contributed by atoms with Crippen molar-refractivity contribution in [2.75, 3.05) is 6.61 Å². The van der Waals surface area contributed by atoms with Crippen molar-refractivity contribution in [3.05, 3.63) is 10.4 Å². The zero-order chi connectivity index (χ0) is 6.69. The van der Waals surface area contributed by atoms with Gasteiger partial charge in [0.25, 0.3) is 0 Å². The summed E-state index contributed by atoms with van der Waals surface area (Å²) in [6.07, 6.45) is 0.517. The molecule has 1 saturated heterocycles. The molecule has 1 heterocycles. The molecule has 0 unspecified atom stereocenters. The molecule has 0 spiro atoms. The van der Waals surface area contributed by atoms with E-state index < -0.39 is 12.0 Å². The van der Waals surface area contributed by atoms with Crippen molar-refractivity contribution in [3.63, 3.8) is 0 Å². The van der Waals surface area contributed by atoms with Gasteiger partial charge in [-0.15, -0.1) is 0 Å². The SMILES string of the molecule is C.[N-]=[N+]=N[C@H]1CCOC1=O. The van der Waals surface area contributed by atoms with Crippen LogP contribution in [-0.2, 0) is 9.53 Å². The van der Waals surface area contributed by atoms with E-state index in [4.69, 9.17) is 5.53 Å². The molecule has 1 aliphatic rings. The summed E-state index contributed by atoms with van der Waals surface area (Å²) in [6, 6.07) is -0.574. The maximum Gasteiger partial charge on any atom is 0.315 e. The molecular weight excluding hydrogens is 134 g/mol. The van der Waals surface area contributed by atoms with Crippen LogP contribution in [0.25, 0.3) is 10.4 Å². The van der Waals surface area contributed by atoms with Gasteiger partial charge in [0.2, 0.25) is 0 Å². The van der Waals surface area contributed by atoms with Gasteiger partial charge >= 0.3 is 5.97 Å². The van der Waals surface area contributed by atoms with Crippen molar-refractivity contribution < 1.29 is 9.53 Å². The highest BCUT2D eigenvalue weighted by Crippen LogP contribution is 2.09. The van der Waals surface area contributed by atoms with E-state index in [1.54, 1.807) is 0 Å². The Balaban J connectivity index is 0.000000810. The number of ether oxygens (including phenoxy) is 1. The Morgan fingerprint density at radius 3 is 2.90 bits per heavy atom. The third-order valence-corrected chi connectivity index (χ3v) is 1.10. The first-order valence-corrected chi connectivity index (χ1v) is 2.55. The Morgan fingerprint density at radius 1 is 1.80 bits per heavy atom. The molecule has 0 N–H and O–H groups in total. The van der Waals surface area contributed by atoms with E-state index in [0.29, 0.717) is 13.0 Å². The average molecular weight is 143 g/mol. The number of carbonyl (C=O) groups excluding carboxylic acids is 1. The Labute approximate surface area is 58.6 Å². The van der Waals surface area contributed by atoms with E-state index >= 15 is 0 Å². The fourth-order valence-corrected chi connectivity index (χ4v) is 0.652. The number of rotatable bonds is 1. The molecule has 5 heteroatoms. The molecule has 1 atom stereocenters. The summed E-state index contributed by atoms with van der Waals surface area (Å²) in [6.45, 7) is 0.377. The van der Waals surface area contributed by atoms with Crippen LogP contribution in [0, 0.1) is 0 Å². The predicted molar refractivity (Wildman–Crippen MR) is 35.2 cm³/mol. The van der Waals surface area contributed by atoms with Crippen LogP contribution in [0.15, 0.2) is 5.11 Å². The van der Waals surface area contributed by atoms with Crippen LogP contribution in [0.5, 0.6) is 0 Å². The lowest BCUT2D eigenvalue weighted by molar-refractivity contribution is -0.138. The van der Waals surface area contributed by atoms with Gasteiger partial charge in [-0.05, 0) is 5.53 Å². The van der Waals surface area contributed by atoms with Crippen LogP contribution in [0.3, 0.4) is 0 Å². The standard InChI is InChI=1S/C4H5N3O2.CH4/c5-7-6-3-1-2-9-4(3)8;/h3H,1-2H2;1H4/t3-;/m0./s1. The normalized spacial score (nSPS) is 22.4. The van der Waals surface area contributed by atoms with E-state index in [1.807, 2.05) is 0 Å². The quantitative estimate of drug-likeness (QED) is 0.240. The number of hydrogen-bond donors (Lipinski definition) is 0. The summed E-state index contributed by atoms with van der Waals surface area (Å²) in [4.78, 5) is 13.0. The highest BCUT2D eigenvalue weighted by atomic mass is 16.5. The van der Waals surface area contributed by atoms with Crippen LogP contribution >= 0.6 is 0 Å². The van der Waals surface area contributed by atoms with Crippen molar-refractivity contribution >= 4 is 5.97 Å². The zero-order valence-electron chi connectivity index (χ0n) is 4.65. The fraction of sp³-hybridized carbons (Fsp3) is 0.800. The van der Waals surface area contributed by atoms with Crippen LogP contribution in [-0.4, -0.2) is 18.6 Å². The number of esters is 1. The van der Waals surface area contributed by atoms with Crippen molar-refractivity contribution in [1.29, 1.82) is 0 Å². The zero-order valence-corrected chi connectivity index (χ0v) is 4.65. The first-order chi connectivity index (χ1) is 4.34. The molecule has 1 fully saturated rings. The van der Waals surface area contributed by atoms with Gasteiger partial charge in [-0.3, -0.25) is 4.79 Å². The van der Waals surface area contributed by atoms with Crippen LogP contribution in [0.1, 0.15) is 13.8 Å². The third-order valence-electron chi connectivity index (χ3n) is 1.10. The summed E-state index contributed by atoms with van der Waals surface area (Å²) in [5, 5.41) is 3.21. The Morgan fingerprint density at radius 2 is 2.50 bits per heavy atom. The van der Waals surface area contributed by atoms with E-state index in [-0.39, 0.29) is 7.43 Å². The van der Waals surface area contributed by atoms with Crippen LogP contribution in [0.2, 0.25) is 0 Å². The lowest BCUT2D eigenvalue weighted by Gasteiger charge is -1.89. The van der Waals surface area contributed by atoms with Gasteiger partial charge in [0.1, 0.15) is 6.04 Å². The third kappa shape index (κ3) is 1.63. The summed E-state index contributed by atoms with van der Waals surface area (Å²) >= 11 is 0. The summed E-state index contributed by atoms with van der Waals surface area (Å²) in [7, 11) is 0. The molecule has 56 valence electrons. The minimum atomic E-state index is -0.574. The van der Waals surface area contributed by atoms with Gasteiger partial charge in [-0.25, -0.2) is 0 Å². The van der Waals surface area contributed by atoms with Crippen molar-refractivity contribution in [2.24, 2.45) is 5.11 Å². The van der Waals surface area contributed by atoms with Gasteiger partial charge in [0, 0.05) is 11.3 Å². The van der Waals surface area contributed by atoms with Gasteiger partial charge in [0.05, 0.1) is 6.61 Å². The molecule has 0 aliphatic carbocycles. The Kier molecular flexibility index (Phi) is 3.28. The highest BCUT2D eigenvalue weighted by Gasteiger charge is 2.24. The number of nitrogens with zero attached hydrogens (tertiary/aromatic N) is 3. The van der Waals surface area contributed by atoms with Crippen LogP contribution in [0.4, 0.5) is 0 Å². The van der Waals surface area contributed by atoms with Gasteiger partial charge in [-0.2, -0.15) is 0 Å². The molecule has 1 aliphatic heterocycles. The highest BCUT2D eigenvalue weighted by molar-refractivity contribution is 5.77. The smallest absolute Gasteiger partial charge is 0.315 e. The lowest BCUT2D eigenvalue weighted by atomic mass is 10.3. The molecule has 0 aromatic heterocycles. The topological polar surface area (TPSA) is 75.1 Å². The second kappa shape index (κ2) is 3.74. The molecule has 0 aromatic rings. The summed E-state index contributed by atoms with van der Waals surface area (Å²) in [5.74, 6) is -0.409. The Bertz CT molecular complexity index is 174. The van der Waals surface area contributed by atoms with Gasteiger partial charge in [0.15, 0.2) is 0 Å². The van der Waals surface area contributed by atoms with E-state index in [2.05, 4.69) is 14.8 Å². The molecular formula is C5H9N3O2. The van der Waals surface area contributed by atoms with Crippen molar-refractivity contribution in [3.8, 4) is 0 Å². The average Bonchev–Trinajstić information content (AvgIpc) is 2.18. The molecule has 1 rings (SSSR count). The second-order valence-corrected chi connectivity index (χ2v) is 1.68. The Hall–Kier alpha value is -1.22. The molecule has 10 heavy (non-hydrogen) atoms. The predicted octanol–water partition coefficient (Wildman–Crippen LogP) is 1.25. The molecule has 0 amide bonds. The summed E-state index contributed by atoms with van der Waals surface area (Å²) < 4.78 is 4.51. The maximum atomic E-state index is 10.5. The molecule has 0 aromatic carbocycles. The maximum absolute atomic E-state index is 10.5. The monoisotopic (exact) mass is 143 g/mol. The number of hydrogen-bond acceptors (Lipinski definition) is 3. The molecule has 0 radical (unpaired) electrons. The number of azide groups is 1. The minimum absolute atomic E-state index is 0. The first kappa shape index (κ1) is 8.78. The molecule has 5 nitrogen and oxygen atoms in total. The largest absolute Gasteiger partial charge is 0.465 e. The van der Waals surface area contributed by atoms with Crippen molar-refractivity contribution in [1.82, 2.24) is 0 Å². The van der Waals surface area contributed by atoms with Gasteiger partial charge < -0.3 is 4.74 Å². The summed E-state index contributed by atoms with van der Waals surface area (Å²) in [5.41, 5.74) is 7.90.